The molecular formula is C35H49N5O9S. The number of benzene rings is 2. The number of amides is 3. The molecule has 50 heavy (non-hydrogen) atoms. The van der Waals surface area contributed by atoms with E-state index in [2.05, 4.69) is 15.2 Å². The largest absolute Gasteiger partial charge is 0.497 e. The number of anilines is 2. The van der Waals surface area contributed by atoms with Crippen LogP contribution in [0.1, 0.15) is 61.8 Å². The molecule has 0 radical (unpaired) electrons. The molecule has 1 aromatic heterocycles. The number of carbonyl (C=O) groups is 2. The summed E-state index contributed by atoms with van der Waals surface area (Å²) >= 11 is 0. The molecule has 0 unspecified atom stereocenters. The summed E-state index contributed by atoms with van der Waals surface area (Å²) in [4.78, 5) is 30.6. The lowest BCUT2D eigenvalue weighted by atomic mass is 10.0. The summed E-state index contributed by atoms with van der Waals surface area (Å²) in [6.07, 6.45) is 1.51. The molecule has 3 aromatic rings. The second-order valence-electron chi connectivity index (χ2n) is 12.8. The molecule has 3 N–H and O–H groups in total. The second kappa shape index (κ2) is 17.1. The Morgan fingerprint density at radius 3 is 2.48 bits per heavy atom. The number of carbonyl (C=O) groups excluding carboxylic acids is 2. The number of aromatic nitrogens is 1. The summed E-state index contributed by atoms with van der Waals surface area (Å²) in [5, 5.41) is 16.9. The van der Waals surface area contributed by atoms with Crippen molar-refractivity contribution in [3.8, 4) is 11.5 Å². The number of urea groups is 1. The fraction of sp³-hybridized carbons (Fsp3) is 0.514. The van der Waals surface area contributed by atoms with Gasteiger partial charge in [0.15, 0.2) is 10.7 Å². The standard InChI is InChI=1S/C35H49N5O9S/c1-22-19-40(23(2)21-41)34(42)30-18-28(38-50(44,45)33-25(4)37-49-26(33)5)13-16-31(30)48-24(3)10-8-9-17-47-32(22)20-39(6)35(43)36-27-11-14-29(46-7)15-12-27/h11-16,18,22-24,32,38,41H,8-10,17,19-21H2,1-7H3,(H,36,43)/t22-,23+,24-,32+/m0/s1. The van der Waals surface area contributed by atoms with Gasteiger partial charge in [-0.2, -0.15) is 0 Å². The van der Waals surface area contributed by atoms with Gasteiger partial charge in [0.25, 0.3) is 15.9 Å². The molecular weight excluding hydrogens is 666 g/mol. The molecule has 0 saturated heterocycles. The van der Waals surface area contributed by atoms with Crippen LogP contribution in [-0.2, 0) is 14.8 Å². The molecule has 0 fully saturated rings. The van der Waals surface area contributed by atoms with Crippen LogP contribution < -0.4 is 19.5 Å². The van der Waals surface area contributed by atoms with E-state index in [1.165, 1.54) is 30.9 Å². The Hall–Kier alpha value is -4.34. The average Bonchev–Trinajstić information content (AvgIpc) is 3.44. The quantitative estimate of drug-likeness (QED) is 0.272. The first-order chi connectivity index (χ1) is 23.7. The van der Waals surface area contributed by atoms with Crippen LogP contribution in [0.15, 0.2) is 51.9 Å². The van der Waals surface area contributed by atoms with Gasteiger partial charge in [-0.15, -0.1) is 0 Å². The fourth-order valence-electron chi connectivity index (χ4n) is 5.76. The first kappa shape index (κ1) is 38.5. The van der Waals surface area contributed by atoms with Crippen molar-refractivity contribution >= 4 is 33.3 Å². The second-order valence-corrected chi connectivity index (χ2v) is 14.4. The number of hydrogen-bond acceptors (Lipinski definition) is 10. The normalized spacial score (nSPS) is 19.8. The van der Waals surface area contributed by atoms with Crippen molar-refractivity contribution in [2.45, 2.75) is 77.0 Å². The Balaban J connectivity index is 1.62. The van der Waals surface area contributed by atoms with Gasteiger partial charge >= 0.3 is 6.03 Å². The number of ether oxygens (including phenoxy) is 3. The zero-order chi connectivity index (χ0) is 36.6. The van der Waals surface area contributed by atoms with Gasteiger partial charge in [-0.05, 0) is 89.4 Å². The van der Waals surface area contributed by atoms with E-state index in [0.29, 0.717) is 30.2 Å². The molecule has 274 valence electrons. The molecule has 1 aliphatic rings. The van der Waals surface area contributed by atoms with Crippen LogP contribution in [0.3, 0.4) is 0 Å². The summed E-state index contributed by atoms with van der Waals surface area (Å²) in [5.41, 5.74) is 1.09. The van der Waals surface area contributed by atoms with Gasteiger partial charge in [0, 0.05) is 44.0 Å². The van der Waals surface area contributed by atoms with Crippen LogP contribution in [-0.4, -0.2) is 99.1 Å². The molecule has 1 aliphatic heterocycles. The van der Waals surface area contributed by atoms with E-state index in [0.717, 1.165) is 12.8 Å². The van der Waals surface area contributed by atoms with Gasteiger partial charge in [-0.25, -0.2) is 13.2 Å². The Bertz CT molecular complexity index is 1690. The number of nitrogens with zero attached hydrogens (tertiary/aromatic N) is 3. The van der Waals surface area contributed by atoms with Crippen LogP contribution in [0, 0.1) is 19.8 Å². The van der Waals surface area contributed by atoms with E-state index in [1.54, 1.807) is 56.3 Å². The number of hydrogen-bond donors (Lipinski definition) is 3. The maximum Gasteiger partial charge on any atom is 0.321 e. The highest BCUT2D eigenvalue weighted by Crippen LogP contribution is 2.30. The number of aliphatic hydroxyl groups excluding tert-OH is 1. The lowest BCUT2D eigenvalue weighted by molar-refractivity contribution is -0.0115. The van der Waals surface area contributed by atoms with Gasteiger partial charge in [0.05, 0.1) is 37.5 Å². The predicted octanol–water partition coefficient (Wildman–Crippen LogP) is 5.06. The zero-order valence-electron chi connectivity index (χ0n) is 29.8. The van der Waals surface area contributed by atoms with Gasteiger partial charge in [-0.3, -0.25) is 9.52 Å². The number of methoxy groups -OCH3 is 1. The van der Waals surface area contributed by atoms with Crippen molar-refractivity contribution in [2.24, 2.45) is 5.92 Å². The van der Waals surface area contributed by atoms with Gasteiger partial charge < -0.3 is 39.0 Å². The lowest BCUT2D eigenvalue weighted by Gasteiger charge is -2.35. The number of likely N-dealkylation sites (N-methyl/N-ethyl adjacent to an activating group) is 1. The van der Waals surface area contributed by atoms with Crippen molar-refractivity contribution in [1.82, 2.24) is 15.0 Å². The molecule has 2 heterocycles. The molecule has 15 heteroatoms. The van der Waals surface area contributed by atoms with Gasteiger partial charge in [-0.1, -0.05) is 12.1 Å². The molecule has 0 aliphatic carbocycles. The van der Waals surface area contributed by atoms with Crippen LogP contribution >= 0.6 is 0 Å². The summed E-state index contributed by atoms with van der Waals surface area (Å²) in [7, 11) is -0.846. The van der Waals surface area contributed by atoms with Crippen molar-refractivity contribution < 1.29 is 41.8 Å². The zero-order valence-corrected chi connectivity index (χ0v) is 30.6. The Labute approximate surface area is 294 Å². The van der Waals surface area contributed by atoms with E-state index >= 15 is 0 Å². The summed E-state index contributed by atoms with van der Waals surface area (Å²) in [6, 6.07) is 10.6. The molecule has 3 amide bonds. The first-order valence-corrected chi connectivity index (χ1v) is 18.2. The van der Waals surface area contributed by atoms with Crippen molar-refractivity contribution in [3.05, 3.63) is 59.5 Å². The Morgan fingerprint density at radius 1 is 1.14 bits per heavy atom. The molecule has 0 bridgehead atoms. The molecule has 2 aromatic carbocycles. The molecule has 14 nitrogen and oxygen atoms in total. The van der Waals surface area contributed by atoms with E-state index in [1.807, 2.05) is 13.8 Å². The SMILES string of the molecule is COc1ccc(NC(=O)N(C)C[C@H]2OCCCC[C@H](C)Oc3ccc(NS(=O)(=O)c4c(C)noc4C)cc3C(=O)N([C@H](C)CO)C[C@@H]2C)cc1. The number of rotatable bonds is 9. The maximum absolute atomic E-state index is 14.4. The number of sulfonamides is 1. The van der Waals surface area contributed by atoms with E-state index in [4.69, 9.17) is 18.7 Å². The average molecular weight is 716 g/mol. The van der Waals surface area contributed by atoms with Crippen molar-refractivity contribution in [2.75, 3.05) is 50.5 Å². The van der Waals surface area contributed by atoms with E-state index < -0.39 is 28.1 Å². The van der Waals surface area contributed by atoms with Crippen LogP contribution in [0.4, 0.5) is 16.2 Å². The summed E-state index contributed by atoms with van der Waals surface area (Å²) in [5.74, 6) is 0.370. The fourth-order valence-corrected chi connectivity index (χ4v) is 7.14. The Morgan fingerprint density at radius 2 is 1.84 bits per heavy atom. The minimum Gasteiger partial charge on any atom is -0.497 e. The van der Waals surface area contributed by atoms with Gasteiger partial charge in [0.2, 0.25) is 0 Å². The van der Waals surface area contributed by atoms with Crippen LogP contribution in [0.2, 0.25) is 0 Å². The minimum absolute atomic E-state index is 0.0770. The number of fused-ring (bicyclic) bond motifs is 1. The highest BCUT2D eigenvalue weighted by atomic mass is 32.2. The van der Waals surface area contributed by atoms with E-state index in [-0.39, 0.29) is 65.3 Å². The number of aliphatic hydroxyl groups is 1. The third-order valence-corrected chi connectivity index (χ3v) is 10.3. The lowest BCUT2D eigenvalue weighted by Crippen LogP contribution is -2.48. The van der Waals surface area contributed by atoms with Crippen LogP contribution in [0.25, 0.3) is 0 Å². The monoisotopic (exact) mass is 715 g/mol. The third-order valence-electron chi connectivity index (χ3n) is 8.68. The highest BCUT2D eigenvalue weighted by Gasteiger charge is 2.32. The van der Waals surface area contributed by atoms with Crippen molar-refractivity contribution in [3.63, 3.8) is 0 Å². The Kier molecular flexibility index (Phi) is 13.1. The van der Waals surface area contributed by atoms with E-state index in [9.17, 15) is 23.1 Å². The summed E-state index contributed by atoms with van der Waals surface area (Å²) < 4.78 is 52.1. The predicted molar refractivity (Wildman–Crippen MR) is 188 cm³/mol. The molecule has 4 rings (SSSR count). The molecule has 0 spiro atoms. The van der Waals surface area contributed by atoms with Crippen molar-refractivity contribution in [1.29, 1.82) is 0 Å². The smallest absolute Gasteiger partial charge is 0.321 e. The minimum atomic E-state index is -4.10. The number of aryl methyl sites for hydroxylation is 2. The molecule has 0 saturated carbocycles. The third kappa shape index (κ3) is 9.67. The van der Waals surface area contributed by atoms with Crippen LogP contribution in [0.5, 0.6) is 11.5 Å². The maximum atomic E-state index is 14.4. The molecule has 4 atom stereocenters. The number of nitrogens with one attached hydrogen (secondary N) is 2. The summed E-state index contributed by atoms with van der Waals surface area (Å²) in [6.45, 7) is 9.15. The first-order valence-electron chi connectivity index (χ1n) is 16.7. The topological polar surface area (TPSA) is 173 Å². The highest BCUT2D eigenvalue weighted by molar-refractivity contribution is 7.92. The van der Waals surface area contributed by atoms with Gasteiger partial charge in [0.1, 0.15) is 17.2 Å².